The zero-order chi connectivity index (χ0) is 20.2. The third-order valence-electron chi connectivity index (χ3n) is 5.71. The maximum absolute atomic E-state index is 13.2. The van der Waals surface area contributed by atoms with Gasteiger partial charge in [0, 0.05) is 30.5 Å². The molecule has 1 amide bonds. The molecule has 2 aromatic rings. The molecule has 6 heteroatoms. The number of rotatable bonds is 6. The Morgan fingerprint density at radius 1 is 1.21 bits per heavy atom. The van der Waals surface area contributed by atoms with E-state index in [2.05, 4.69) is 17.3 Å². The van der Waals surface area contributed by atoms with E-state index in [1.807, 2.05) is 42.2 Å². The Balaban J connectivity index is 1.60. The highest BCUT2D eigenvalue weighted by atomic mass is 16.6. The normalized spacial score (nSPS) is 21.2. The molecule has 1 aromatic carbocycles. The lowest BCUT2D eigenvalue weighted by atomic mass is 9.93. The van der Waals surface area contributed by atoms with Gasteiger partial charge < -0.3 is 14.2 Å². The first-order chi connectivity index (χ1) is 14.1. The van der Waals surface area contributed by atoms with Crippen molar-refractivity contribution in [1.82, 2.24) is 10.1 Å². The Kier molecular flexibility index (Phi) is 5.79. The number of allylic oxidation sites excluding steroid dienone is 2. The van der Waals surface area contributed by atoms with Crippen LogP contribution in [0.15, 0.2) is 47.0 Å². The average Bonchev–Trinajstić information content (AvgIpc) is 3.34. The molecule has 0 bridgehead atoms. The number of esters is 1. The molecule has 29 heavy (non-hydrogen) atoms. The van der Waals surface area contributed by atoms with Crippen molar-refractivity contribution in [2.24, 2.45) is 5.92 Å². The lowest BCUT2D eigenvalue weighted by Crippen LogP contribution is -2.41. The summed E-state index contributed by atoms with van der Waals surface area (Å²) in [5, 5.41) is 4.25. The smallest absolute Gasteiger partial charge is 0.306 e. The number of cyclic esters (lactones) is 1. The molecule has 0 radical (unpaired) electrons. The van der Waals surface area contributed by atoms with E-state index in [9.17, 15) is 9.59 Å². The van der Waals surface area contributed by atoms with Crippen LogP contribution in [0.2, 0.25) is 0 Å². The van der Waals surface area contributed by atoms with Crippen LogP contribution >= 0.6 is 0 Å². The van der Waals surface area contributed by atoms with E-state index >= 15 is 0 Å². The molecule has 1 saturated heterocycles. The van der Waals surface area contributed by atoms with Crippen LogP contribution in [0, 0.1) is 12.8 Å². The second-order valence-corrected chi connectivity index (χ2v) is 7.82. The first-order valence-electron chi connectivity index (χ1n) is 10.3. The Hall–Kier alpha value is -2.89. The fourth-order valence-electron chi connectivity index (χ4n) is 4.06. The number of aryl methyl sites for hydroxylation is 1. The topological polar surface area (TPSA) is 72.6 Å². The first kappa shape index (κ1) is 19.4. The summed E-state index contributed by atoms with van der Waals surface area (Å²) in [7, 11) is 0. The van der Waals surface area contributed by atoms with Crippen molar-refractivity contribution in [2.45, 2.75) is 51.7 Å². The van der Waals surface area contributed by atoms with Crippen LogP contribution in [0.4, 0.5) is 0 Å². The molecule has 2 atom stereocenters. The Morgan fingerprint density at radius 3 is 2.72 bits per heavy atom. The minimum atomic E-state index is -0.679. The van der Waals surface area contributed by atoms with Crippen LogP contribution in [0.5, 0.6) is 0 Å². The van der Waals surface area contributed by atoms with Gasteiger partial charge >= 0.3 is 5.97 Å². The quantitative estimate of drug-likeness (QED) is 0.546. The van der Waals surface area contributed by atoms with Crippen LogP contribution in [-0.2, 0) is 20.9 Å². The molecule has 1 fully saturated rings. The zero-order valence-electron chi connectivity index (χ0n) is 16.7. The van der Waals surface area contributed by atoms with Gasteiger partial charge in [-0.3, -0.25) is 9.59 Å². The summed E-state index contributed by atoms with van der Waals surface area (Å²) < 4.78 is 10.8. The fraction of sp³-hybridized carbons (Fsp3) is 0.435. The van der Waals surface area contributed by atoms with Crippen molar-refractivity contribution in [3.05, 3.63) is 53.8 Å². The molecule has 6 nitrogen and oxygen atoms in total. The van der Waals surface area contributed by atoms with Crippen LogP contribution in [0.3, 0.4) is 0 Å². The zero-order valence-corrected chi connectivity index (χ0v) is 16.7. The Labute approximate surface area is 170 Å². The van der Waals surface area contributed by atoms with Gasteiger partial charge in [-0.15, -0.1) is 0 Å². The molecular formula is C23H26N2O4. The van der Waals surface area contributed by atoms with Gasteiger partial charge in [-0.1, -0.05) is 47.6 Å². The summed E-state index contributed by atoms with van der Waals surface area (Å²) in [5.74, 6) is 0.690. The van der Waals surface area contributed by atoms with Gasteiger partial charge in [0.05, 0.1) is 6.54 Å². The number of ether oxygens (including phenoxy) is 1. The van der Waals surface area contributed by atoms with Crippen LogP contribution in [-0.4, -0.2) is 34.6 Å². The highest BCUT2D eigenvalue weighted by Gasteiger charge is 2.35. The van der Waals surface area contributed by atoms with Crippen LogP contribution < -0.4 is 0 Å². The second kappa shape index (κ2) is 8.64. The lowest BCUT2D eigenvalue weighted by molar-refractivity contribution is -0.153. The largest absolute Gasteiger partial charge is 0.452 e. The van der Waals surface area contributed by atoms with E-state index in [4.69, 9.17) is 9.26 Å². The minimum Gasteiger partial charge on any atom is -0.452 e. The van der Waals surface area contributed by atoms with E-state index in [1.165, 1.54) is 0 Å². The molecule has 1 aromatic heterocycles. The molecule has 2 aliphatic rings. The summed E-state index contributed by atoms with van der Waals surface area (Å²) in [4.78, 5) is 26.6. The maximum Gasteiger partial charge on any atom is 0.306 e. The highest BCUT2D eigenvalue weighted by Crippen LogP contribution is 2.29. The molecule has 0 N–H and O–H groups in total. The number of aromatic nitrogens is 1. The standard InChI is InChI=1S/C23H26N2O4/c1-16-19(22(24-29-16)18-10-6-3-7-11-18)15-25(14-17-8-4-2-5-9-17)23(27)20-12-13-21(26)28-20/h2-4,6-7,10-11,17,20H,5,8-9,12-15H2,1H3/t17-,20-/m1/s1. The summed E-state index contributed by atoms with van der Waals surface area (Å²) in [5.41, 5.74) is 2.62. The van der Waals surface area contributed by atoms with Crippen LogP contribution in [0.1, 0.15) is 43.4 Å². The third kappa shape index (κ3) is 4.42. The number of nitrogens with zero attached hydrogens (tertiary/aromatic N) is 2. The van der Waals surface area contributed by atoms with Crippen molar-refractivity contribution in [1.29, 1.82) is 0 Å². The molecule has 2 heterocycles. The van der Waals surface area contributed by atoms with Crippen molar-refractivity contribution >= 4 is 11.9 Å². The molecular weight excluding hydrogens is 368 g/mol. The van der Waals surface area contributed by atoms with Crippen LogP contribution in [0.25, 0.3) is 11.3 Å². The number of carbonyl (C=O) groups excluding carboxylic acids is 2. The van der Waals surface area contributed by atoms with Gasteiger partial charge in [0.15, 0.2) is 6.10 Å². The molecule has 0 unspecified atom stereocenters. The third-order valence-corrected chi connectivity index (χ3v) is 5.71. The number of hydrogen-bond donors (Lipinski definition) is 0. The maximum atomic E-state index is 13.2. The fourth-order valence-corrected chi connectivity index (χ4v) is 4.06. The molecule has 4 rings (SSSR count). The van der Waals surface area contributed by atoms with Gasteiger partial charge in [0.25, 0.3) is 5.91 Å². The molecule has 1 aliphatic heterocycles. The van der Waals surface area contributed by atoms with Crippen molar-refractivity contribution in [2.75, 3.05) is 6.54 Å². The average molecular weight is 394 g/mol. The van der Waals surface area contributed by atoms with E-state index in [0.29, 0.717) is 37.6 Å². The molecule has 0 spiro atoms. The van der Waals surface area contributed by atoms with E-state index < -0.39 is 6.10 Å². The lowest BCUT2D eigenvalue weighted by Gasteiger charge is -2.30. The monoisotopic (exact) mass is 394 g/mol. The molecule has 152 valence electrons. The second-order valence-electron chi connectivity index (χ2n) is 7.82. The SMILES string of the molecule is Cc1onc(-c2ccccc2)c1CN(C[C@@H]1CC=CCC1)C(=O)[C@H]1CCC(=O)O1. The molecule has 1 aliphatic carbocycles. The van der Waals surface area contributed by atoms with E-state index in [-0.39, 0.29) is 11.9 Å². The summed E-state index contributed by atoms with van der Waals surface area (Å²) >= 11 is 0. The van der Waals surface area contributed by atoms with Gasteiger partial charge in [0.2, 0.25) is 0 Å². The van der Waals surface area contributed by atoms with E-state index in [0.717, 1.165) is 36.1 Å². The Morgan fingerprint density at radius 2 is 2.03 bits per heavy atom. The van der Waals surface area contributed by atoms with Crippen molar-refractivity contribution in [3.8, 4) is 11.3 Å². The number of carbonyl (C=O) groups is 2. The van der Waals surface area contributed by atoms with Gasteiger partial charge in [0.1, 0.15) is 11.5 Å². The predicted molar refractivity (Wildman–Crippen MR) is 108 cm³/mol. The number of amides is 1. The van der Waals surface area contributed by atoms with Gasteiger partial charge in [-0.2, -0.15) is 0 Å². The van der Waals surface area contributed by atoms with Crippen molar-refractivity contribution in [3.63, 3.8) is 0 Å². The summed E-state index contributed by atoms with van der Waals surface area (Å²) in [6.45, 7) is 2.90. The van der Waals surface area contributed by atoms with Gasteiger partial charge in [-0.05, 0) is 32.1 Å². The van der Waals surface area contributed by atoms with Gasteiger partial charge in [-0.25, -0.2) is 0 Å². The minimum absolute atomic E-state index is 0.120. The molecule has 0 saturated carbocycles. The summed E-state index contributed by atoms with van der Waals surface area (Å²) in [6.07, 6.45) is 7.51. The first-order valence-corrected chi connectivity index (χ1v) is 10.3. The Bertz CT molecular complexity index is 903. The van der Waals surface area contributed by atoms with E-state index in [1.54, 1.807) is 0 Å². The highest BCUT2D eigenvalue weighted by molar-refractivity contribution is 5.86. The predicted octanol–water partition coefficient (Wildman–Crippen LogP) is 4.04. The number of benzene rings is 1. The summed E-state index contributed by atoms with van der Waals surface area (Å²) in [6, 6.07) is 9.84. The van der Waals surface area contributed by atoms with Crippen molar-refractivity contribution < 1.29 is 18.8 Å². The number of hydrogen-bond acceptors (Lipinski definition) is 5.